The Morgan fingerprint density at radius 2 is 2.24 bits per heavy atom. The van der Waals surface area contributed by atoms with E-state index in [2.05, 4.69) is 24.8 Å². The summed E-state index contributed by atoms with van der Waals surface area (Å²) >= 11 is 0. The fraction of sp³-hybridized carbons (Fsp3) is 0.722. The third kappa shape index (κ3) is 3.49. The van der Waals surface area contributed by atoms with Crippen LogP contribution in [0, 0.1) is 35.0 Å². The second kappa shape index (κ2) is 6.23. The predicted octanol–water partition coefficient (Wildman–Crippen LogP) is 2.93. The van der Waals surface area contributed by atoms with E-state index in [9.17, 15) is 9.90 Å². The molecule has 0 spiro atoms. The summed E-state index contributed by atoms with van der Waals surface area (Å²) in [5.41, 5.74) is -0.261. The van der Waals surface area contributed by atoms with Crippen LogP contribution in [0.3, 0.4) is 0 Å². The van der Waals surface area contributed by atoms with Crippen molar-refractivity contribution in [3.05, 3.63) is 12.2 Å². The topological polar surface area (TPSA) is 46.5 Å². The summed E-state index contributed by atoms with van der Waals surface area (Å²) in [7, 11) is 0. The molecule has 3 nitrogen and oxygen atoms in total. The van der Waals surface area contributed by atoms with Crippen molar-refractivity contribution in [2.45, 2.75) is 59.2 Å². The first-order valence-electron chi connectivity index (χ1n) is 7.80. The minimum absolute atomic E-state index is 0.0746. The van der Waals surface area contributed by atoms with E-state index in [0.717, 1.165) is 6.42 Å². The van der Waals surface area contributed by atoms with Gasteiger partial charge >= 0.3 is 5.97 Å². The van der Waals surface area contributed by atoms with Crippen molar-refractivity contribution in [3.63, 3.8) is 0 Å². The molecule has 0 amide bonds. The van der Waals surface area contributed by atoms with Crippen LogP contribution in [0.4, 0.5) is 0 Å². The number of carbonyl (C=O) groups is 1. The Hall–Kier alpha value is -1.27. The fourth-order valence-corrected chi connectivity index (χ4v) is 3.43. The first kappa shape index (κ1) is 16.1. The molecule has 3 heteroatoms. The molecule has 2 aliphatic rings. The summed E-state index contributed by atoms with van der Waals surface area (Å²) in [6.07, 6.45) is 5.67. The van der Waals surface area contributed by atoms with Crippen molar-refractivity contribution in [2.24, 2.45) is 23.2 Å². The average Bonchev–Trinajstić information content (AvgIpc) is 2.89. The Bertz CT molecular complexity index is 480. The number of rotatable bonds is 4. The first-order valence-corrected chi connectivity index (χ1v) is 7.80. The van der Waals surface area contributed by atoms with Crippen LogP contribution in [-0.2, 0) is 9.53 Å². The Morgan fingerprint density at radius 3 is 2.90 bits per heavy atom. The molecular weight excluding hydrogens is 264 g/mol. The Morgan fingerprint density at radius 1 is 1.52 bits per heavy atom. The maximum atomic E-state index is 11.4. The largest absolute Gasteiger partial charge is 0.462 e. The molecule has 1 aliphatic heterocycles. The summed E-state index contributed by atoms with van der Waals surface area (Å²) < 4.78 is 5.36. The highest BCUT2D eigenvalue weighted by atomic mass is 16.6. The highest BCUT2D eigenvalue weighted by molar-refractivity contribution is 5.72. The monoisotopic (exact) mass is 290 g/mol. The Labute approximate surface area is 127 Å². The van der Waals surface area contributed by atoms with Gasteiger partial charge in [0.25, 0.3) is 0 Å². The SMILES string of the molecule is CC#CCC(C)(C)[C@H](O)/C=C/[C@@H]1[C@H]2CC(=O)O[C@H]2C[C@H]1C. The number of hydrogen-bond acceptors (Lipinski definition) is 3. The molecule has 1 saturated carbocycles. The van der Waals surface area contributed by atoms with Gasteiger partial charge in [-0.15, -0.1) is 11.8 Å². The van der Waals surface area contributed by atoms with Crippen molar-refractivity contribution in [1.82, 2.24) is 0 Å². The number of carbonyl (C=O) groups excluding carboxylic acids is 1. The van der Waals surface area contributed by atoms with Crippen molar-refractivity contribution >= 4 is 5.97 Å². The lowest BCUT2D eigenvalue weighted by Gasteiger charge is -2.27. The highest BCUT2D eigenvalue weighted by Crippen LogP contribution is 2.45. The van der Waals surface area contributed by atoms with E-state index in [4.69, 9.17) is 4.74 Å². The van der Waals surface area contributed by atoms with Gasteiger partial charge in [-0.05, 0) is 25.2 Å². The molecule has 0 aromatic rings. The zero-order chi connectivity index (χ0) is 15.6. The van der Waals surface area contributed by atoms with Crippen molar-refractivity contribution in [1.29, 1.82) is 0 Å². The van der Waals surface area contributed by atoms with E-state index in [1.165, 1.54) is 0 Å². The summed E-state index contributed by atoms with van der Waals surface area (Å²) in [6, 6.07) is 0. The molecule has 2 rings (SSSR count). The highest BCUT2D eigenvalue weighted by Gasteiger charge is 2.47. The lowest BCUT2D eigenvalue weighted by atomic mass is 9.81. The first-order chi connectivity index (χ1) is 9.85. The number of aliphatic hydroxyl groups excluding tert-OH is 1. The van der Waals surface area contributed by atoms with Crippen LogP contribution in [0.2, 0.25) is 0 Å². The van der Waals surface area contributed by atoms with E-state index in [0.29, 0.717) is 24.7 Å². The van der Waals surface area contributed by atoms with Gasteiger partial charge in [0.15, 0.2) is 0 Å². The lowest BCUT2D eigenvalue weighted by molar-refractivity contribution is -0.141. The van der Waals surface area contributed by atoms with Gasteiger partial charge in [0.1, 0.15) is 6.10 Å². The minimum atomic E-state index is -0.525. The zero-order valence-corrected chi connectivity index (χ0v) is 13.4. The average molecular weight is 290 g/mol. The molecule has 2 fully saturated rings. The van der Waals surface area contributed by atoms with Gasteiger partial charge in [0.05, 0.1) is 12.5 Å². The molecule has 0 unspecified atom stereocenters. The van der Waals surface area contributed by atoms with Crippen molar-refractivity contribution < 1.29 is 14.6 Å². The van der Waals surface area contributed by atoms with Crippen LogP contribution in [0.5, 0.6) is 0 Å². The van der Waals surface area contributed by atoms with E-state index < -0.39 is 6.10 Å². The van der Waals surface area contributed by atoms with Crippen molar-refractivity contribution in [2.75, 3.05) is 0 Å². The summed E-state index contributed by atoms with van der Waals surface area (Å²) in [4.78, 5) is 11.4. The van der Waals surface area contributed by atoms with Crippen LogP contribution < -0.4 is 0 Å². The van der Waals surface area contributed by atoms with Gasteiger partial charge in [0.2, 0.25) is 0 Å². The molecule has 1 aliphatic carbocycles. The lowest BCUT2D eigenvalue weighted by Crippen LogP contribution is -2.27. The second-order valence-electron chi connectivity index (χ2n) is 7.11. The molecule has 0 radical (unpaired) electrons. The Balaban J connectivity index is 2.02. The van der Waals surface area contributed by atoms with Gasteiger partial charge in [0, 0.05) is 17.8 Å². The minimum Gasteiger partial charge on any atom is -0.462 e. The van der Waals surface area contributed by atoms with Gasteiger partial charge < -0.3 is 9.84 Å². The zero-order valence-electron chi connectivity index (χ0n) is 13.4. The standard InChI is InChI=1S/C18H26O3/c1-5-6-9-18(3,4)16(19)8-7-13-12(2)10-15-14(13)11-17(20)21-15/h7-8,12-16,19H,9-11H2,1-4H3/b8-7+/t12-,13+,14-,15+,16-/m1/s1. The molecule has 1 heterocycles. The molecule has 0 bridgehead atoms. The quantitative estimate of drug-likeness (QED) is 0.492. The molecular formula is C18H26O3. The van der Waals surface area contributed by atoms with Gasteiger partial charge in [-0.2, -0.15) is 0 Å². The maximum absolute atomic E-state index is 11.4. The van der Waals surface area contributed by atoms with Crippen LogP contribution in [0.25, 0.3) is 0 Å². The number of hydrogen-bond donors (Lipinski definition) is 1. The molecule has 0 aromatic carbocycles. The number of ether oxygens (including phenoxy) is 1. The third-order valence-corrected chi connectivity index (χ3v) is 4.96. The molecule has 1 saturated heterocycles. The number of fused-ring (bicyclic) bond motifs is 1. The predicted molar refractivity (Wildman–Crippen MR) is 82.3 cm³/mol. The van der Waals surface area contributed by atoms with E-state index in [-0.39, 0.29) is 23.4 Å². The Kier molecular flexibility index (Phi) is 4.78. The number of allylic oxidation sites excluding steroid dienone is 1. The van der Waals surface area contributed by atoms with Gasteiger partial charge in [-0.25, -0.2) is 0 Å². The summed E-state index contributed by atoms with van der Waals surface area (Å²) in [5, 5.41) is 10.4. The maximum Gasteiger partial charge on any atom is 0.306 e. The summed E-state index contributed by atoms with van der Waals surface area (Å²) in [5.74, 6) is 6.95. The van der Waals surface area contributed by atoms with Crippen LogP contribution in [0.15, 0.2) is 12.2 Å². The molecule has 21 heavy (non-hydrogen) atoms. The van der Waals surface area contributed by atoms with E-state index in [1.807, 2.05) is 26.8 Å². The normalized spacial score (nSPS) is 33.5. The molecule has 5 atom stereocenters. The van der Waals surface area contributed by atoms with Gasteiger partial charge in [-0.1, -0.05) is 32.9 Å². The molecule has 116 valence electrons. The third-order valence-electron chi connectivity index (χ3n) is 4.96. The van der Waals surface area contributed by atoms with E-state index >= 15 is 0 Å². The molecule has 1 N–H and O–H groups in total. The summed E-state index contributed by atoms with van der Waals surface area (Å²) in [6.45, 7) is 8.06. The van der Waals surface area contributed by atoms with Crippen LogP contribution in [0.1, 0.15) is 47.0 Å². The smallest absolute Gasteiger partial charge is 0.306 e. The number of esters is 1. The number of aliphatic hydroxyl groups is 1. The van der Waals surface area contributed by atoms with Crippen molar-refractivity contribution in [3.8, 4) is 11.8 Å². The van der Waals surface area contributed by atoms with Gasteiger partial charge in [-0.3, -0.25) is 4.79 Å². The second-order valence-corrected chi connectivity index (χ2v) is 7.11. The fourth-order valence-electron chi connectivity index (χ4n) is 3.43. The van der Waals surface area contributed by atoms with Crippen LogP contribution >= 0.6 is 0 Å². The van der Waals surface area contributed by atoms with Crippen LogP contribution in [-0.4, -0.2) is 23.3 Å². The molecule has 0 aromatic heterocycles. The van der Waals surface area contributed by atoms with E-state index in [1.54, 1.807) is 0 Å².